The molecule has 3 aromatic rings. The van der Waals surface area contributed by atoms with E-state index in [2.05, 4.69) is 59.5 Å². The fourth-order valence-corrected chi connectivity index (χ4v) is 3.39. The number of carbonyl (C=O) groups is 1. The zero-order valence-electron chi connectivity index (χ0n) is 15.6. The minimum atomic E-state index is -0.0382. The number of aromatic nitrogens is 1. The molecule has 0 aliphatic carbocycles. The second-order valence-electron chi connectivity index (χ2n) is 7.55. The SMILES string of the molecule is CC1(C)C=CN=c2[nH]c3ccc(CCNC(=O)c4ccccc4)cc3c2=C1. The zero-order valence-corrected chi connectivity index (χ0v) is 15.6. The van der Waals surface area contributed by atoms with E-state index < -0.39 is 0 Å². The number of carbonyl (C=O) groups excluding carboxylic acids is 1. The maximum absolute atomic E-state index is 12.2. The average Bonchev–Trinajstić information content (AvgIpc) is 2.90. The third-order valence-corrected chi connectivity index (χ3v) is 4.84. The molecule has 0 saturated carbocycles. The van der Waals surface area contributed by atoms with Gasteiger partial charge in [0.25, 0.3) is 5.91 Å². The summed E-state index contributed by atoms with van der Waals surface area (Å²) in [7, 11) is 0. The molecule has 1 amide bonds. The first kappa shape index (κ1) is 17.3. The molecule has 1 aliphatic heterocycles. The average molecular weight is 357 g/mol. The predicted octanol–water partition coefficient (Wildman–Crippen LogP) is 3.09. The van der Waals surface area contributed by atoms with Crippen LogP contribution in [0.4, 0.5) is 0 Å². The fraction of sp³-hybridized carbons (Fsp3) is 0.217. The molecule has 2 aromatic carbocycles. The van der Waals surface area contributed by atoms with Crippen molar-refractivity contribution in [1.82, 2.24) is 10.3 Å². The number of rotatable bonds is 4. The van der Waals surface area contributed by atoms with Crippen LogP contribution in [0.5, 0.6) is 0 Å². The Labute approximate surface area is 158 Å². The molecule has 0 fully saturated rings. The first-order valence-electron chi connectivity index (χ1n) is 9.24. The van der Waals surface area contributed by atoms with Crippen LogP contribution < -0.4 is 16.0 Å². The van der Waals surface area contributed by atoms with Gasteiger partial charge in [-0.25, -0.2) is 4.99 Å². The summed E-state index contributed by atoms with van der Waals surface area (Å²) >= 11 is 0. The third kappa shape index (κ3) is 3.70. The number of aromatic amines is 1. The Morgan fingerprint density at radius 1 is 1.15 bits per heavy atom. The smallest absolute Gasteiger partial charge is 0.251 e. The summed E-state index contributed by atoms with van der Waals surface area (Å²) in [6, 6.07) is 15.7. The Balaban J connectivity index is 1.55. The van der Waals surface area contributed by atoms with Gasteiger partial charge >= 0.3 is 0 Å². The summed E-state index contributed by atoms with van der Waals surface area (Å²) in [5, 5.41) is 5.32. The Bertz CT molecular complexity index is 1140. The highest BCUT2D eigenvalue weighted by atomic mass is 16.1. The number of benzene rings is 2. The van der Waals surface area contributed by atoms with Gasteiger partial charge in [-0.3, -0.25) is 4.79 Å². The van der Waals surface area contributed by atoms with Crippen LogP contribution in [-0.4, -0.2) is 17.4 Å². The van der Waals surface area contributed by atoms with Gasteiger partial charge in [-0.1, -0.05) is 50.3 Å². The standard InChI is InChI=1S/C23H23N3O/c1-23(2)11-13-24-21-19(15-23)18-14-16(8-9-20(18)26-21)10-12-25-22(27)17-6-4-3-5-7-17/h3-9,11,13-15H,10,12H2,1-2H3,(H,24,26)(H,25,27). The van der Waals surface area contributed by atoms with Gasteiger partial charge in [-0.2, -0.15) is 0 Å². The van der Waals surface area contributed by atoms with Crippen LogP contribution in [-0.2, 0) is 6.42 Å². The molecule has 4 nitrogen and oxygen atoms in total. The monoisotopic (exact) mass is 357 g/mol. The van der Waals surface area contributed by atoms with E-state index in [4.69, 9.17) is 0 Å². The maximum Gasteiger partial charge on any atom is 0.251 e. The van der Waals surface area contributed by atoms with Crippen molar-refractivity contribution in [1.29, 1.82) is 0 Å². The molecule has 136 valence electrons. The van der Waals surface area contributed by atoms with Gasteiger partial charge in [0.2, 0.25) is 0 Å². The number of fused-ring (bicyclic) bond motifs is 3. The van der Waals surface area contributed by atoms with Crippen LogP contribution >= 0.6 is 0 Å². The molecule has 2 N–H and O–H groups in total. The number of nitrogens with zero attached hydrogens (tertiary/aromatic N) is 1. The van der Waals surface area contributed by atoms with E-state index in [0.29, 0.717) is 12.1 Å². The molecule has 1 aromatic heterocycles. The number of hydrogen-bond acceptors (Lipinski definition) is 2. The van der Waals surface area contributed by atoms with Crippen molar-refractivity contribution in [3.8, 4) is 0 Å². The fourth-order valence-electron chi connectivity index (χ4n) is 3.39. The van der Waals surface area contributed by atoms with E-state index in [9.17, 15) is 4.79 Å². The highest BCUT2D eigenvalue weighted by molar-refractivity contribution is 5.94. The minimum absolute atomic E-state index is 0.0350. The summed E-state index contributed by atoms with van der Waals surface area (Å²) in [6.45, 7) is 4.96. The summed E-state index contributed by atoms with van der Waals surface area (Å²) in [5.41, 5.74) is 3.84. The maximum atomic E-state index is 12.2. The van der Waals surface area contributed by atoms with Gasteiger partial charge in [0.05, 0.1) is 0 Å². The van der Waals surface area contributed by atoms with Gasteiger partial charge in [-0.15, -0.1) is 0 Å². The number of hydrogen-bond donors (Lipinski definition) is 2. The first-order valence-corrected chi connectivity index (χ1v) is 9.24. The van der Waals surface area contributed by atoms with Crippen LogP contribution in [0.3, 0.4) is 0 Å². The van der Waals surface area contributed by atoms with Crippen LogP contribution in [0, 0.1) is 5.41 Å². The van der Waals surface area contributed by atoms with E-state index in [-0.39, 0.29) is 11.3 Å². The Morgan fingerprint density at radius 2 is 1.96 bits per heavy atom. The van der Waals surface area contributed by atoms with Crippen LogP contribution in [0.2, 0.25) is 0 Å². The molecule has 4 rings (SSSR count). The summed E-state index contributed by atoms with van der Waals surface area (Å²) in [6.07, 6.45) is 7.02. The molecular weight excluding hydrogens is 334 g/mol. The lowest BCUT2D eigenvalue weighted by atomic mass is 9.92. The van der Waals surface area contributed by atoms with Gasteiger partial charge in [0.1, 0.15) is 5.49 Å². The molecule has 0 bridgehead atoms. The van der Waals surface area contributed by atoms with Crippen molar-refractivity contribution in [2.24, 2.45) is 10.4 Å². The molecule has 0 unspecified atom stereocenters. The van der Waals surface area contributed by atoms with E-state index in [0.717, 1.165) is 22.6 Å². The highest BCUT2D eigenvalue weighted by Crippen LogP contribution is 2.20. The van der Waals surface area contributed by atoms with Crippen molar-refractivity contribution in [3.63, 3.8) is 0 Å². The quantitative estimate of drug-likeness (QED) is 0.741. The molecular formula is C23H23N3O. The topological polar surface area (TPSA) is 57.2 Å². The number of nitrogens with one attached hydrogen (secondary N) is 2. The number of H-pyrrole nitrogens is 1. The van der Waals surface area contributed by atoms with Gasteiger partial charge < -0.3 is 10.3 Å². The third-order valence-electron chi connectivity index (χ3n) is 4.84. The van der Waals surface area contributed by atoms with Gasteiger partial charge in [-0.05, 0) is 36.2 Å². The lowest BCUT2D eigenvalue weighted by molar-refractivity contribution is 0.0954. The van der Waals surface area contributed by atoms with Crippen molar-refractivity contribution >= 4 is 22.9 Å². The minimum Gasteiger partial charge on any atom is -0.352 e. The summed E-state index contributed by atoms with van der Waals surface area (Å²) < 4.78 is 0. The molecule has 0 saturated heterocycles. The molecule has 4 heteroatoms. The molecule has 0 atom stereocenters. The van der Waals surface area contributed by atoms with Crippen molar-refractivity contribution < 1.29 is 4.79 Å². The molecule has 2 heterocycles. The summed E-state index contributed by atoms with van der Waals surface area (Å²) in [5.74, 6) is -0.0350. The normalized spacial score (nSPS) is 14.7. The largest absolute Gasteiger partial charge is 0.352 e. The molecule has 1 aliphatic rings. The second-order valence-corrected chi connectivity index (χ2v) is 7.55. The first-order chi connectivity index (χ1) is 13.0. The lowest BCUT2D eigenvalue weighted by Gasteiger charge is -2.12. The Hall–Kier alpha value is -3.14. The van der Waals surface area contributed by atoms with E-state index in [1.54, 1.807) is 0 Å². The molecule has 0 radical (unpaired) electrons. The van der Waals surface area contributed by atoms with Crippen LogP contribution in [0.1, 0.15) is 29.8 Å². The second kappa shape index (κ2) is 6.88. The van der Waals surface area contributed by atoms with E-state index >= 15 is 0 Å². The number of amides is 1. The van der Waals surface area contributed by atoms with Crippen molar-refractivity contribution in [2.75, 3.05) is 6.54 Å². The van der Waals surface area contributed by atoms with Crippen LogP contribution in [0.15, 0.2) is 65.8 Å². The zero-order chi connectivity index (χ0) is 18.9. The van der Waals surface area contributed by atoms with E-state index in [1.165, 1.54) is 10.9 Å². The Kier molecular flexibility index (Phi) is 4.40. The predicted molar refractivity (Wildman–Crippen MR) is 109 cm³/mol. The van der Waals surface area contributed by atoms with Crippen LogP contribution in [0.25, 0.3) is 17.0 Å². The van der Waals surface area contributed by atoms with Gasteiger partial charge in [0, 0.05) is 39.8 Å². The lowest BCUT2D eigenvalue weighted by Crippen LogP contribution is -2.25. The van der Waals surface area contributed by atoms with E-state index in [1.807, 2.05) is 36.5 Å². The van der Waals surface area contributed by atoms with Crippen molar-refractivity contribution in [2.45, 2.75) is 20.3 Å². The summed E-state index contributed by atoms with van der Waals surface area (Å²) in [4.78, 5) is 20.1. The molecule has 0 spiro atoms. The van der Waals surface area contributed by atoms with Crippen molar-refractivity contribution in [3.05, 3.63) is 82.6 Å². The Morgan fingerprint density at radius 3 is 2.78 bits per heavy atom. The number of allylic oxidation sites excluding steroid dienone is 1. The molecule has 27 heavy (non-hydrogen) atoms. The highest BCUT2D eigenvalue weighted by Gasteiger charge is 2.14. The van der Waals surface area contributed by atoms with Gasteiger partial charge in [0.15, 0.2) is 0 Å².